The van der Waals surface area contributed by atoms with Gasteiger partial charge in [0.1, 0.15) is 10.7 Å². The molecule has 0 spiro atoms. The van der Waals surface area contributed by atoms with E-state index in [9.17, 15) is 8.42 Å². The highest BCUT2D eigenvalue weighted by Crippen LogP contribution is 2.31. The van der Waals surface area contributed by atoms with Crippen molar-refractivity contribution in [3.8, 4) is 0 Å². The molecule has 94 valence electrons. The van der Waals surface area contributed by atoms with Crippen LogP contribution in [0.2, 0.25) is 5.02 Å². The van der Waals surface area contributed by atoms with Gasteiger partial charge in [-0.25, -0.2) is 17.7 Å². The third kappa shape index (κ3) is 2.70. The van der Waals surface area contributed by atoms with Gasteiger partial charge < -0.3 is 5.73 Å². The van der Waals surface area contributed by atoms with Crippen molar-refractivity contribution >= 4 is 27.4 Å². The number of sulfonamides is 1. The van der Waals surface area contributed by atoms with Crippen LogP contribution in [0.5, 0.6) is 0 Å². The first-order valence-corrected chi connectivity index (χ1v) is 7.10. The zero-order chi connectivity index (χ0) is 12.6. The van der Waals surface area contributed by atoms with Gasteiger partial charge in [0.25, 0.3) is 0 Å². The number of halogens is 1. The van der Waals surface area contributed by atoms with Crippen LogP contribution in [0.1, 0.15) is 12.8 Å². The van der Waals surface area contributed by atoms with Crippen molar-refractivity contribution in [2.75, 3.05) is 19.3 Å². The predicted octanol–water partition coefficient (Wildman–Crippen LogP) is 1.35. The van der Waals surface area contributed by atoms with E-state index in [0.717, 1.165) is 12.8 Å². The van der Waals surface area contributed by atoms with Gasteiger partial charge in [0.05, 0.1) is 5.02 Å². The SMILES string of the molecule is CN(CC1CC1)S(=O)(=O)c1cnc(N)c(Cl)c1. The average Bonchev–Trinajstić information content (AvgIpc) is 3.05. The maximum absolute atomic E-state index is 12.1. The highest BCUT2D eigenvalue weighted by molar-refractivity contribution is 7.89. The van der Waals surface area contributed by atoms with E-state index in [2.05, 4.69) is 4.98 Å². The number of rotatable bonds is 4. The Kier molecular flexibility index (Phi) is 3.29. The summed E-state index contributed by atoms with van der Waals surface area (Å²) in [4.78, 5) is 3.85. The van der Waals surface area contributed by atoms with Crippen LogP contribution in [0.15, 0.2) is 17.2 Å². The van der Waals surface area contributed by atoms with Crippen LogP contribution in [0.25, 0.3) is 0 Å². The minimum absolute atomic E-state index is 0.0832. The van der Waals surface area contributed by atoms with E-state index in [0.29, 0.717) is 12.5 Å². The summed E-state index contributed by atoms with van der Waals surface area (Å²) in [6.07, 6.45) is 3.43. The molecule has 0 radical (unpaired) electrons. The van der Waals surface area contributed by atoms with Crippen molar-refractivity contribution in [2.24, 2.45) is 5.92 Å². The highest BCUT2D eigenvalue weighted by atomic mass is 35.5. The zero-order valence-corrected chi connectivity index (χ0v) is 11.0. The molecule has 1 heterocycles. The Morgan fingerprint density at radius 1 is 1.59 bits per heavy atom. The predicted molar refractivity (Wildman–Crippen MR) is 66.2 cm³/mol. The maximum Gasteiger partial charge on any atom is 0.244 e. The van der Waals surface area contributed by atoms with Gasteiger partial charge in [-0.05, 0) is 24.8 Å². The van der Waals surface area contributed by atoms with Gasteiger partial charge in [-0.15, -0.1) is 0 Å². The first-order chi connectivity index (χ1) is 7.91. The van der Waals surface area contributed by atoms with Gasteiger partial charge in [0, 0.05) is 19.8 Å². The molecule has 0 amide bonds. The first kappa shape index (κ1) is 12.6. The third-order valence-electron chi connectivity index (χ3n) is 2.76. The van der Waals surface area contributed by atoms with Gasteiger partial charge in [0.15, 0.2) is 0 Å². The van der Waals surface area contributed by atoms with Gasteiger partial charge in [-0.1, -0.05) is 11.6 Å². The molecule has 0 aliphatic heterocycles. The summed E-state index contributed by atoms with van der Waals surface area (Å²) in [6.45, 7) is 0.546. The molecule has 1 aromatic heterocycles. The van der Waals surface area contributed by atoms with E-state index in [4.69, 9.17) is 17.3 Å². The van der Waals surface area contributed by atoms with Crippen molar-refractivity contribution in [3.63, 3.8) is 0 Å². The average molecular weight is 276 g/mol. The Bertz CT molecular complexity index is 528. The van der Waals surface area contributed by atoms with Crippen LogP contribution in [0.4, 0.5) is 5.82 Å². The van der Waals surface area contributed by atoms with E-state index in [1.165, 1.54) is 16.6 Å². The van der Waals surface area contributed by atoms with Crippen molar-refractivity contribution in [2.45, 2.75) is 17.7 Å². The molecule has 1 fully saturated rings. The molecule has 0 saturated heterocycles. The van der Waals surface area contributed by atoms with Gasteiger partial charge >= 0.3 is 0 Å². The molecule has 0 aromatic carbocycles. The van der Waals surface area contributed by atoms with Crippen LogP contribution in [0.3, 0.4) is 0 Å². The molecule has 2 rings (SSSR count). The molecule has 5 nitrogen and oxygen atoms in total. The summed E-state index contributed by atoms with van der Waals surface area (Å²) in [5, 5.41) is 0.158. The quantitative estimate of drug-likeness (QED) is 0.900. The number of nitrogens with two attached hydrogens (primary N) is 1. The standard InChI is InChI=1S/C10H14ClN3O2S/c1-14(6-7-2-3-7)17(15,16)8-4-9(11)10(12)13-5-8/h4-5,7H,2-3,6H2,1H3,(H2,12,13). The Hall–Kier alpha value is -0.850. The lowest BCUT2D eigenvalue weighted by molar-refractivity contribution is 0.452. The number of hydrogen-bond acceptors (Lipinski definition) is 4. The molecular weight excluding hydrogens is 262 g/mol. The normalized spacial score (nSPS) is 16.4. The van der Waals surface area contributed by atoms with Crippen LogP contribution < -0.4 is 5.73 Å². The second-order valence-corrected chi connectivity index (χ2v) is 6.72. The lowest BCUT2D eigenvalue weighted by Gasteiger charge is -2.16. The molecule has 17 heavy (non-hydrogen) atoms. The summed E-state index contributed by atoms with van der Waals surface area (Å²) in [6, 6.07) is 1.34. The molecule has 7 heteroatoms. The Morgan fingerprint density at radius 3 is 2.76 bits per heavy atom. The topological polar surface area (TPSA) is 76.3 Å². The number of nitrogens with zero attached hydrogens (tertiary/aromatic N) is 2. The van der Waals surface area contributed by atoms with E-state index in [1.54, 1.807) is 7.05 Å². The fourth-order valence-electron chi connectivity index (χ4n) is 1.51. The molecule has 1 aromatic rings. The van der Waals surface area contributed by atoms with E-state index < -0.39 is 10.0 Å². The molecule has 2 N–H and O–H groups in total. The van der Waals surface area contributed by atoms with Crippen molar-refractivity contribution in [1.82, 2.24) is 9.29 Å². The molecule has 1 saturated carbocycles. The molecule has 1 aliphatic rings. The van der Waals surface area contributed by atoms with Crippen LogP contribution >= 0.6 is 11.6 Å². The summed E-state index contributed by atoms with van der Waals surface area (Å²) < 4.78 is 25.6. The number of aromatic nitrogens is 1. The largest absolute Gasteiger partial charge is 0.382 e. The maximum atomic E-state index is 12.1. The molecule has 0 unspecified atom stereocenters. The molecule has 1 aliphatic carbocycles. The fourth-order valence-corrected chi connectivity index (χ4v) is 2.96. The number of anilines is 1. The van der Waals surface area contributed by atoms with E-state index >= 15 is 0 Å². The molecule has 0 atom stereocenters. The van der Waals surface area contributed by atoms with Gasteiger partial charge in [-0.2, -0.15) is 0 Å². The third-order valence-corrected chi connectivity index (χ3v) is 4.86. The van der Waals surface area contributed by atoms with Crippen molar-refractivity contribution in [1.29, 1.82) is 0 Å². The number of hydrogen-bond donors (Lipinski definition) is 1. The second-order valence-electron chi connectivity index (χ2n) is 4.27. The molecule has 0 bridgehead atoms. The Balaban J connectivity index is 2.26. The Morgan fingerprint density at radius 2 is 2.24 bits per heavy atom. The second kappa shape index (κ2) is 4.44. The zero-order valence-electron chi connectivity index (χ0n) is 9.43. The van der Waals surface area contributed by atoms with Crippen LogP contribution in [0, 0.1) is 5.92 Å². The van der Waals surface area contributed by atoms with Crippen molar-refractivity contribution < 1.29 is 8.42 Å². The number of pyridine rings is 1. The van der Waals surface area contributed by atoms with E-state index in [-0.39, 0.29) is 15.7 Å². The smallest absolute Gasteiger partial charge is 0.244 e. The van der Waals surface area contributed by atoms with Crippen LogP contribution in [-0.4, -0.2) is 31.3 Å². The monoisotopic (exact) mass is 275 g/mol. The number of nitrogen functional groups attached to an aromatic ring is 1. The van der Waals surface area contributed by atoms with E-state index in [1.807, 2.05) is 0 Å². The Labute approximate surface area is 106 Å². The lowest BCUT2D eigenvalue weighted by atomic mass is 10.4. The summed E-state index contributed by atoms with van der Waals surface area (Å²) in [7, 11) is -1.94. The van der Waals surface area contributed by atoms with Crippen LogP contribution in [-0.2, 0) is 10.0 Å². The fraction of sp³-hybridized carbons (Fsp3) is 0.500. The summed E-state index contributed by atoms with van der Waals surface area (Å²) in [5.74, 6) is 0.627. The highest BCUT2D eigenvalue weighted by Gasteiger charge is 2.29. The lowest BCUT2D eigenvalue weighted by Crippen LogP contribution is -2.29. The van der Waals surface area contributed by atoms with Crippen molar-refractivity contribution in [3.05, 3.63) is 17.3 Å². The minimum Gasteiger partial charge on any atom is -0.382 e. The summed E-state index contributed by atoms with van der Waals surface area (Å²) in [5.41, 5.74) is 5.45. The summed E-state index contributed by atoms with van der Waals surface area (Å²) >= 11 is 5.77. The first-order valence-electron chi connectivity index (χ1n) is 5.28. The molecular formula is C10H14ClN3O2S. The van der Waals surface area contributed by atoms with Gasteiger partial charge in [-0.3, -0.25) is 0 Å². The van der Waals surface area contributed by atoms with Gasteiger partial charge in [0.2, 0.25) is 10.0 Å². The minimum atomic E-state index is -3.50.